The molecule has 18 heavy (non-hydrogen) atoms. The highest BCUT2D eigenvalue weighted by atomic mass is 35.5. The number of aliphatic hydroxyl groups is 1. The molecule has 2 aromatic rings. The summed E-state index contributed by atoms with van der Waals surface area (Å²) in [7, 11) is 0. The van der Waals surface area contributed by atoms with Crippen LogP contribution in [-0.4, -0.2) is 19.9 Å². The number of nitrogens with zero attached hydrogens (tertiary/aromatic N) is 3. The maximum absolute atomic E-state index is 10.2. The number of rotatable bonds is 4. The first-order chi connectivity index (χ1) is 8.61. The fourth-order valence-electron chi connectivity index (χ4n) is 1.98. The lowest BCUT2D eigenvalue weighted by molar-refractivity contribution is 0.171. The van der Waals surface area contributed by atoms with E-state index >= 15 is 0 Å². The molecule has 0 fully saturated rings. The molecule has 5 heteroatoms. The van der Waals surface area contributed by atoms with Crippen LogP contribution in [0.3, 0.4) is 0 Å². The van der Waals surface area contributed by atoms with E-state index in [0.29, 0.717) is 17.1 Å². The second kappa shape index (κ2) is 5.50. The highest BCUT2D eigenvalue weighted by molar-refractivity contribution is 6.31. The third-order valence-corrected chi connectivity index (χ3v) is 3.11. The van der Waals surface area contributed by atoms with Gasteiger partial charge in [0.2, 0.25) is 0 Å². The van der Waals surface area contributed by atoms with Crippen molar-refractivity contribution >= 4 is 11.6 Å². The van der Waals surface area contributed by atoms with Gasteiger partial charge in [0.15, 0.2) is 0 Å². The molecule has 0 aliphatic carbocycles. The van der Waals surface area contributed by atoms with Crippen molar-refractivity contribution in [3.05, 3.63) is 46.5 Å². The molecule has 1 unspecified atom stereocenters. The van der Waals surface area contributed by atoms with Crippen LogP contribution in [0.5, 0.6) is 0 Å². The van der Waals surface area contributed by atoms with Crippen molar-refractivity contribution in [3.63, 3.8) is 0 Å². The molecule has 0 radical (unpaired) electrons. The zero-order chi connectivity index (χ0) is 13.1. The van der Waals surface area contributed by atoms with E-state index in [-0.39, 0.29) is 0 Å². The number of aromatic nitrogens is 3. The molecular formula is C13H16ClN3O. The summed E-state index contributed by atoms with van der Waals surface area (Å²) in [6, 6.07) is 5.46. The summed E-state index contributed by atoms with van der Waals surface area (Å²) >= 11 is 6.02. The van der Waals surface area contributed by atoms with Crippen LogP contribution in [-0.2, 0) is 13.0 Å². The van der Waals surface area contributed by atoms with Crippen molar-refractivity contribution in [3.8, 4) is 0 Å². The summed E-state index contributed by atoms with van der Waals surface area (Å²) in [5.74, 6) is 0. The van der Waals surface area contributed by atoms with Gasteiger partial charge >= 0.3 is 0 Å². The summed E-state index contributed by atoms with van der Waals surface area (Å²) in [6.45, 7) is 4.75. The van der Waals surface area contributed by atoms with Gasteiger partial charge in [-0.05, 0) is 32.0 Å². The van der Waals surface area contributed by atoms with E-state index in [1.807, 2.05) is 24.6 Å². The Labute approximate surface area is 111 Å². The van der Waals surface area contributed by atoms with Crippen molar-refractivity contribution in [1.82, 2.24) is 14.8 Å². The SMILES string of the molecule is CCn1nc(C)cc1CC(O)c1ncccc1Cl. The van der Waals surface area contributed by atoms with E-state index in [4.69, 9.17) is 11.6 Å². The van der Waals surface area contributed by atoms with E-state index in [2.05, 4.69) is 10.1 Å². The van der Waals surface area contributed by atoms with Gasteiger partial charge in [-0.1, -0.05) is 11.6 Å². The Morgan fingerprint density at radius 1 is 1.50 bits per heavy atom. The topological polar surface area (TPSA) is 50.9 Å². The minimum Gasteiger partial charge on any atom is -0.386 e. The predicted octanol–water partition coefficient (Wildman–Crippen LogP) is 2.54. The van der Waals surface area contributed by atoms with Crippen molar-refractivity contribution in [2.75, 3.05) is 0 Å². The third-order valence-electron chi connectivity index (χ3n) is 2.79. The van der Waals surface area contributed by atoms with Gasteiger partial charge in [0, 0.05) is 24.9 Å². The fourth-order valence-corrected chi connectivity index (χ4v) is 2.22. The van der Waals surface area contributed by atoms with Crippen LogP contribution in [0, 0.1) is 6.92 Å². The summed E-state index contributed by atoms with van der Waals surface area (Å²) in [4.78, 5) is 4.13. The monoisotopic (exact) mass is 265 g/mol. The zero-order valence-corrected chi connectivity index (χ0v) is 11.2. The molecule has 0 saturated heterocycles. The van der Waals surface area contributed by atoms with Gasteiger partial charge < -0.3 is 5.11 Å². The molecule has 4 nitrogen and oxygen atoms in total. The van der Waals surface area contributed by atoms with E-state index in [0.717, 1.165) is 17.9 Å². The second-order valence-corrected chi connectivity index (χ2v) is 4.59. The minimum absolute atomic E-state index is 0.464. The highest BCUT2D eigenvalue weighted by Gasteiger charge is 2.16. The van der Waals surface area contributed by atoms with Crippen LogP contribution in [0.2, 0.25) is 5.02 Å². The predicted molar refractivity (Wildman–Crippen MR) is 70.5 cm³/mol. The summed E-state index contributed by atoms with van der Waals surface area (Å²) in [5.41, 5.74) is 2.45. The van der Waals surface area contributed by atoms with Gasteiger partial charge in [0.05, 0.1) is 16.4 Å². The van der Waals surface area contributed by atoms with Gasteiger partial charge in [0.1, 0.15) is 6.10 Å². The molecule has 1 atom stereocenters. The van der Waals surface area contributed by atoms with E-state index in [9.17, 15) is 5.11 Å². The van der Waals surface area contributed by atoms with Crippen LogP contribution in [0.15, 0.2) is 24.4 Å². The molecule has 0 saturated carbocycles. The molecule has 0 spiro atoms. The molecule has 2 aromatic heterocycles. The van der Waals surface area contributed by atoms with Crippen LogP contribution >= 0.6 is 11.6 Å². The van der Waals surface area contributed by atoms with Crippen molar-refractivity contribution in [1.29, 1.82) is 0 Å². The highest BCUT2D eigenvalue weighted by Crippen LogP contribution is 2.23. The first kappa shape index (κ1) is 13.1. The maximum atomic E-state index is 10.2. The van der Waals surface area contributed by atoms with E-state index in [1.54, 1.807) is 18.3 Å². The van der Waals surface area contributed by atoms with Gasteiger partial charge in [-0.25, -0.2) is 0 Å². The average Bonchev–Trinajstić information content (AvgIpc) is 2.70. The largest absolute Gasteiger partial charge is 0.386 e. The molecule has 96 valence electrons. The Hall–Kier alpha value is -1.39. The quantitative estimate of drug-likeness (QED) is 0.924. The lowest BCUT2D eigenvalue weighted by atomic mass is 10.1. The second-order valence-electron chi connectivity index (χ2n) is 4.18. The van der Waals surface area contributed by atoms with Crippen molar-refractivity contribution < 1.29 is 5.11 Å². The van der Waals surface area contributed by atoms with Crippen molar-refractivity contribution in [2.45, 2.75) is 32.9 Å². The van der Waals surface area contributed by atoms with Crippen LogP contribution < -0.4 is 0 Å². The Balaban J connectivity index is 2.21. The maximum Gasteiger partial charge on any atom is 0.103 e. The van der Waals surface area contributed by atoms with Crippen molar-refractivity contribution in [2.24, 2.45) is 0 Å². The molecule has 0 bridgehead atoms. The van der Waals surface area contributed by atoms with Crippen LogP contribution in [0.4, 0.5) is 0 Å². The molecule has 0 amide bonds. The number of hydrogen-bond donors (Lipinski definition) is 1. The smallest absolute Gasteiger partial charge is 0.103 e. The van der Waals surface area contributed by atoms with E-state index in [1.165, 1.54) is 0 Å². The average molecular weight is 266 g/mol. The molecular weight excluding hydrogens is 250 g/mol. The third kappa shape index (κ3) is 2.71. The Bertz CT molecular complexity index is 539. The lowest BCUT2D eigenvalue weighted by Gasteiger charge is -2.12. The first-order valence-electron chi connectivity index (χ1n) is 5.93. The number of aliphatic hydroxyl groups excluding tert-OH is 1. The number of aryl methyl sites for hydroxylation is 2. The summed E-state index contributed by atoms with van der Waals surface area (Å²) < 4.78 is 1.88. The van der Waals surface area contributed by atoms with E-state index < -0.39 is 6.10 Å². The van der Waals surface area contributed by atoms with Gasteiger partial charge in [0.25, 0.3) is 0 Å². The summed E-state index contributed by atoms with van der Waals surface area (Å²) in [5, 5.41) is 15.0. The minimum atomic E-state index is -0.708. The normalized spacial score (nSPS) is 12.7. The lowest BCUT2D eigenvalue weighted by Crippen LogP contribution is -2.10. The zero-order valence-electron chi connectivity index (χ0n) is 10.5. The molecule has 1 N–H and O–H groups in total. The summed E-state index contributed by atoms with van der Waals surface area (Å²) in [6.07, 6.45) is 1.39. The molecule has 2 rings (SSSR count). The van der Waals surface area contributed by atoms with Crippen LogP contribution in [0.25, 0.3) is 0 Å². The molecule has 0 aliphatic heterocycles. The van der Waals surface area contributed by atoms with Gasteiger partial charge in [-0.15, -0.1) is 0 Å². The van der Waals surface area contributed by atoms with Gasteiger partial charge in [-0.3, -0.25) is 9.67 Å². The molecule has 2 heterocycles. The molecule has 0 aromatic carbocycles. The number of halogens is 1. The Morgan fingerprint density at radius 2 is 2.28 bits per heavy atom. The number of hydrogen-bond acceptors (Lipinski definition) is 3. The molecule has 0 aliphatic rings. The Kier molecular flexibility index (Phi) is 3.99. The van der Waals surface area contributed by atoms with Gasteiger partial charge in [-0.2, -0.15) is 5.10 Å². The first-order valence-corrected chi connectivity index (χ1v) is 6.31. The number of pyridine rings is 1. The standard InChI is InChI=1S/C13H16ClN3O/c1-3-17-10(7-9(2)16-17)8-12(18)13-11(14)5-4-6-15-13/h4-7,12,18H,3,8H2,1-2H3. The Morgan fingerprint density at radius 3 is 2.94 bits per heavy atom. The van der Waals surface area contributed by atoms with Crippen LogP contribution in [0.1, 0.15) is 30.1 Å². The fraction of sp³-hybridized carbons (Fsp3) is 0.385.